The second kappa shape index (κ2) is 8.77. The highest BCUT2D eigenvalue weighted by Crippen LogP contribution is 2.24. The predicted octanol–water partition coefficient (Wildman–Crippen LogP) is 2.77. The summed E-state index contributed by atoms with van der Waals surface area (Å²) in [5.74, 6) is 0.453. The van der Waals surface area contributed by atoms with Gasteiger partial charge in [0, 0.05) is 0 Å². The molecule has 7 nitrogen and oxygen atoms in total. The summed E-state index contributed by atoms with van der Waals surface area (Å²) in [4.78, 5) is 29.3. The quantitative estimate of drug-likeness (QED) is 0.789. The highest BCUT2D eigenvalue weighted by atomic mass is 16.5. The van der Waals surface area contributed by atoms with Gasteiger partial charge < -0.3 is 10.1 Å². The Morgan fingerprint density at radius 2 is 1.79 bits per heavy atom. The van der Waals surface area contributed by atoms with Crippen molar-refractivity contribution in [1.29, 1.82) is 0 Å². The molecule has 2 amide bonds. The standard InChI is InChI=1S/C22H26N4O3/c1-14(2)20(16-7-11-18(29-4)12-8-16)24-22(28)21-23-13-19(27)26(25-21)17-9-5-15(3)6-10-17/h5-12,14,20H,13H2,1-4H3,(H,23,25)(H,24,28). The number of aliphatic imine (C=N–C) groups is 1. The summed E-state index contributed by atoms with van der Waals surface area (Å²) in [6.07, 6.45) is 0. The van der Waals surface area contributed by atoms with Crippen molar-refractivity contribution < 1.29 is 14.3 Å². The van der Waals surface area contributed by atoms with Crippen molar-refractivity contribution >= 4 is 23.3 Å². The minimum absolute atomic E-state index is 0.0848. The maximum Gasteiger partial charge on any atom is 0.288 e. The summed E-state index contributed by atoms with van der Waals surface area (Å²) in [6, 6.07) is 14.9. The number of ether oxygens (including phenoxy) is 1. The minimum atomic E-state index is -0.357. The van der Waals surface area contributed by atoms with Crippen LogP contribution in [0.2, 0.25) is 0 Å². The number of hydrogen-bond donors (Lipinski definition) is 2. The third kappa shape index (κ3) is 4.74. The number of aryl methyl sites for hydroxylation is 1. The Bertz CT molecular complexity index is 905. The lowest BCUT2D eigenvalue weighted by atomic mass is 9.96. The number of carbonyl (C=O) groups is 2. The fourth-order valence-corrected chi connectivity index (χ4v) is 3.10. The fraction of sp³-hybridized carbons (Fsp3) is 0.318. The van der Waals surface area contributed by atoms with Crippen molar-refractivity contribution in [2.45, 2.75) is 26.8 Å². The first-order chi connectivity index (χ1) is 13.9. The van der Waals surface area contributed by atoms with Crippen molar-refractivity contribution in [1.82, 2.24) is 10.7 Å². The molecule has 0 radical (unpaired) electrons. The number of hydrazine groups is 1. The molecule has 1 aliphatic heterocycles. The lowest BCUT2D eigenvalue weighted by molar-refractivity contribution is -0.118. The highest BCUT2D eigenvalue weighted by Gasteiger charge is 2.28. The average Bonchev–Trinajstić information content (AvgIpc) is 2.73. The molecule has 1 heterocycles. The number of rotatable bonds is 6. The molecule has 3 rings (SSSR count). The molecule has 2 N–H and O–H groups in total. The highest BCUT2D eigenvalue weighted by molar-refractivity contribution is 6.39. The van der Waals surface area contributed by atoms with Crippen molar-refractivity contribution in [3.63, 3.8) is 0 Å². The normalized spacial score (nSPS) is 14.9. The summed E-state index contributed by atoms with van der Waals surface area (Å²) in [7, 11) is 1.62. The molecule has 1 atom stereocenters. The Balaban J connectivity index is 1.75. The molecule has 2 aromatic carbocycles. The van der Waals surface area contributed by atoms with Crippen molar-refractivity contribution in [2.75, 3.05) is 18.7 Å². The molecule has 0 fully saturated rings. The zero-order valence-electron chi connectivity index (χ0n) is 17.1. The number of amides is 2. The van der Waals surface area contributed by atoms with Gasteiger partial charge in [-0.15, -0.1) is 0 Å². The maximum absolute atomic E-state index is 12.9. The molecule has 7 heteroatoms. The molecule has 0 aromatic heterocycles. The van der Waals surface area contributed by atoms with Gasteiger partial charge >= 0.3 is 0 Å². The Morgan fingerprint density at radius 1 is 1.14 bits per heavy atom. The summed E-state index contributed by atoms with van der Waals surface area (Å²) < 4.78 is 5.20. The van der Waals surface area contributed by atoms with Crippen LogP contribution in [0.1, 0.15) is 31.0 Å². The largest absolute Gasteiger partial charge is 0.497 e. The van der Waals surface area contributed by atoms with E-state index in [9.17, 15) is 9.59 Å². The number of nitrogens with zero attached hydrogens (tertiary/aromatic N) is 2. The Kier molecular flexibility index (Phi) is 6.16. The average molecular weight is 394 g/mol. The van der Waals surface area contributed by atoms with Crippen molar-refractivity contribution in [3.8, 4) is 5.75 Å². The number of amidine groups is 1. The van der Waals surface area contributed by atoms with Crippen LogP contribution in [0.4, 0.5) is 5.69 Å². The molecule has 2 aromatic rings. The van der Waals surface area contributed by atoms with Crippen LogP contribution in [0, 0.1) is 12.8 Å². The molecule has 0 saturated heterocycles. The molecule has 29 heavy (non-hydrogen) atoms. The van der Waals surface area contributed by atoms with E-state index in [0.29, 0.717) is 5.69 Å². The molecule has 1 unspecified atom stereocenters. The van der Waals surface area contributed by atoms with Crippen LogP contribution in [0.15, 0.2) is 53.5 Å². The lowest BCUT2D eigenvalue weighted by Gasteiger charge is -2.29. The van der Waals surface area contributed by atoms with Crippen LogP contribution >= 0.6 is 0 Å². The van der Waals surface area contributed by atoms with E-state index in [0.717, 1.165) is 16.9 Å². The van der Waals surface area contributed by atoms with Gasteiger partial charge in [-0.3, -0.25) is 20.0 Å². The molecule has 0 bridgehead atoms. The second-order valence-corrected chi connectivity index (χ2v) is 7.31. The maximum atomic E-state index is 12.9. The summed E-state index contributed by atoms with van der Waals surface area (Å²) in [5, 5.41) is 4.39. The molecular weight excluding hydrogens is 368 g/mol. The van der Waals surface area contributed by atoms with Gasteiger partial charge in [0.1, 0.15) is 12.3 Å². The van der Waals surface area contributed by atoms with Crippen LogP contribution in [-0.4, -0.2) is 31.3 Å². The topological polar surface area (TPSA) is 83.0 Å². The van der Waals surface area contributed by atoms with Crippen LogP contribution in [0.3, 0.4) is 0 Å². The van der Waals surface area contributed by atoms with E-state index in [-0.39, 0.29) is 36.2 Å². The van der Waals surface area contributed by atoms with Crippen LogP contribution in [0.5, 0.6) is 5.75 Å². The Hall–Kier alpha value is -3.35. The van der Waals surface area contributed by atoms with Gasteiger partial charge in [0.25, 0.3) is 11.8 Å². The van der Waals surface area contributed by atoms with E-state index in [2.05, 4.69) is 15.7 Å². The monoisotopic (exact) mass is 394 g/mol. The van der Waals surface area contributed by atoms with E-state index < -0.39 is 0 Å². The van der Waals surface area contributed by atoms with Gasteiger partial charge in [-0.1, -0.05) is 43.7 Å². The number of carbonyl (C=O) groups excluding carboxylic acids is 2. The summed E-state index contributed by atoms with van der Waals surface area (Å²) in [5.41, 5.74) is 5.57. The SMILES string of the molecule is COc1ccc(C(NC(=O)C2=NCC(=O)N(c3ccc(C)cc3)N2)C(C)C)cc1. The Morgan fingerprint density at radius 3 is 2.38 bits per heavy atom. The summed E-state index contributed by atoms with van der Waals surface area (Å²) >= 11 is 0. The van der Waals surface area contributed by atoms with Gasteiger partial charge in [0.05, 0.1) is 18.8 Å². The Labute approximate surface area is 170 Å². The van der Waals surface area contributed by atoms with Gasteiger partial charge in [-0.25, -0.2) is 5.01 Å². The number of methoxy groups -OCH3 is 1. The number of hydrogen-bond acceptors (Lipinski definition) is 5. The number of anilines is 1. The number of benzene rings is 2. The minimum Gasteiger partial charge on any atom is -0.497 e. The molecule has 0 aliphatic carbocycles. The van der Waals surface area contributed by atoms with Gasteiger partial charge in [-0.2, -0.15) is 0 Å². The molecule has 0 saturated carbocycles. The second-order valence-electron chi connectivity index (χ2n) is 7.31. The molecular formula is C22H26N4O3. The van der Waals surface area contributed by atoms with Crippen LogP contribution in [0.25, 0.3) is 0 Å². The van der Waals surface area contributed by atoms with Crippen LogP contribution in [-0.2, 0) is 9.59 Å². The lowest BCUT2D eigenvalue weighted by Crippen LogP contribution is -2.56. The first-order valence-corrected chi connectivity index (χ1v) is 9.54. The van der Waals surface area contributed by atoms with Gasteiger partial charge in [0.15, 0.2) is 0 Å². The van der Waals surface area contributed by atoms with E-state index in [1.165, 1.54) is 5.01 Å². The smallest absolute Gasteiger partial charge is 0.288 e. The van der Waals surface area contributed by atoms with E-state index >= 15 is 0 Å². The zero-order chi connectivity index (χ0) is 21.0. The van der Waals surface area contributed by atoms with E-state index in [1.54, 1.807) is 7.11 Å². The van der Waals surface area contributed by atoms with E-state index in [1.807, 2.05) is 69.3 Å². The van der Waals surface area contributed by atoms with Crippen molar-refractivity contribution in [3.05, 3.63) is 59.7 Å². The number of nitrogens with one attached hydrogen (secondary N) is 2. The predicted molar refractivity (Wildman–Crippen MR) is 113 cm³/mol. The van der Waals surface area contributed by atoms with Gasteiger partial charge in [0.2, 0.25) is 5.84 Å². The molecule has 152 valence electrons. The van der Waals surface area contributed by atoms with E-state index in [4.69, 9.17) is 4.74 Å². The first kappa shape index (κ1) is 20.4. The zero-order valence-corrected chi connectivity index (χ0v) is 17.1. The van der Waals surface area contributed by atoms with Gasteiger partial charge in [-0.05, 0) is 42.7 Å². The molecule has 0 spiro atoms. The van der Waals surface area contributed by atoms with Crippen LogP contribution < -0.4 is 20.5 Å². The molecule has 1 aliphatic rings. The summed E-state index contributed by atoms with van der Waals surface area (Å²) in [6.45, 7) is 5.96. The third-order valence-electron chi connectivity index (χ3n) is 4.77. The van der Waals surface area contributed by atoms with Crippen molar-refractivity contribution in [2.24, 2.45) is 10.9 Å². The third-order valence-corrected chi connectivity index (χ3v) is 4.77. The first-order valence-electron chi connectivity index (χ1n) is 9.54. The fourth-order valence-electron chi connectivity index (χ4n) is 3.10.